The van der Waals surface area contributed by atoms with E-state index in [2.05, 4.69) is 39.9 Å². The first kappa shape index (κ1) is 19.6. The number of benzene rings is 2. The maximum Gasteiger partial charge on any atom is 0.262 e. The zero-order chi connectivity index (χ0) is 20.9. The molecule has 0 bridgehead atoms. The van der Waals surface area contributed by atoms with E-state index in [-0.39, 0.29) is 18.4 Å². The summed E-state index contributed by atoms with van der Waals surface area (Å²) in [6.07, 6.45) is 3.42. The number of hydrogen-bond acceptors (Lipinski definition) is 4. The standard InChI is InChI=1S/C24H23N3O3/c1-16-20(5-3-12-25-16)24(29)26-13-2-4-17-6-8-18(9-7-17)19-10-11-21-22(14-19)30-15-23(28)27-21/h3,5-12,14H,2,4,13,15H2,1H3,(H,26,29)(H,27,28). The molecule has 6 heteroatoms. The lowest BCUT2D eigenvalue weighted by Crippen LogP contribution is -2.25. The molecule has 1 aliphatic rings. The van der Waals surface area contributed by atoms with Crippen molar-refractivity contribution in [3.8, 4) is 16.9 Å². The Hall–Kier alpha value is -3.67. The summed E-state index contributed by atoms with van der Waals surface area (Å²) in [6.45, 7) is 2.50. The van der Waals surface area contributed by atoms with Crippen molar-refractivity contribution >= 4 is 17.5 Å². The first-order valence-electron chi connectivity index (χ1n) is 9.96. The van der Waals surface area contributed by atoms with Crippen LogP contribution in [-0.4, -0.2) is 29.9 Å². The van der Waals surface area contributed by atoms with Crippen molar-refractivity contribution in [2.45, 2.75) is 19.8 Å². The number of pyridine rings is 1. The molecule has 0 spiro atoms. The molecule has 4 rings (SSSR count). The summed E-state index contributed by atoms with van der Waals surface area (Å²) < 4.78 is 5.50. The van der Waals surface area contributed by atoms with Crippen LogP contribution in [0.1, 0.15) is 28.0 Å². The van der Waals surface area contributed by atoms with Crippen LogP contribution in [0.3, 0.4) is 0 Å². The second kappa shape index (κ2) is 8.78. The first-order chi connectivity index (χ1) is 14.6. The minimum absolute atomic E-state index is 0.0479. The number of aryl methyl sites for hydroxylation is 2. The number of rotatable bonds is 6. The third-order valence-electron chi connectivity index (χ3n) is 5.08. The molecule has 0 unspecified atom stereocenters. The monoisotopic (exact) mass is 401 g/mol. The van der Waals surface area contributed by atoms with Crippen LogP contribution in [0.25, 0.3) is 11.1 Å². The Morgan fingerprint density at radius 3 is 2.73 bits per heavy atom. The Labute approximate surface area is 175 Å². The Balaban J connectivity index is 1.31. The molecular weight excluding hydrogens is 378 g/mol. The van der Waals surface area contributed by atoms with Crippen molar-refractivity contribution in [1.82, 2.24) is 10.3 Å². The predicted molar refractivity (Wildman–Crippen MR) is 116 cm³/mol. The van der Waals surface area contributed by atoms with Gasteiger partial charge < -0.3 is 15.4 Å². The van der Waals surface area contributed by atoms with E-state index >= 15 is 0 Å². The van der Waals surface area contributed by atoms with E-state index in [1.807, 2.05) is 25.1 Å². The summed E-state index contributed by atoms with van der Waals surface area (Å²) in [5, 5.41) is 5.76. The van der Waals surface area contributed by atoms with Gasteiger partial charge in [-0.25, -0.2) is 0 Å². The van der Waals surface area contributed by atoms with Crippen LogP contribution in [0.5, 0.6) is 5.75 Å². The van der Waals surface area contributed by atoms with Gasteiger partial charge in [0.15, 0.2) is 6.61 Å². The lowest BCUT2D eigenvalue weighted by molar-refractivity contribution is -0.118. The second-order valence-electron chi connectivity index (χ2n) is 7.24. The van der Waals surface area contributed by atoms with Crippen LogP contribution in [-0.2, 0) is 11.2 Å². The number of hydrogen-bond donors (Lipinski definition) is 2. The Morgan fingerprint density at radius 2 is 1.93 bits per heavy atom. The molecule has 0 atom stereocenters. The van der Waals surface area contributed by atoms with Gasteiger partial charge in [-0.2, -0.15) is 0 Å². The average molecular weight is 401 g/mol. The van der Waals surface area contributed by atoms with Crippen LogP contribution < -0.4 is 15.4 Å². The fourth-order valence-electron chi connectivity index (χ4n) is 3.43. The van der Waals surface area contributed by atoms with Gasteiger partial charge in [0.25, 0.3) is 11.8 Å². The molecule has 152 valence electrons. The topological polar surface area (TPSA) is 80.3 Å². The largest absolute Gasteiger partial charge is 0.482 e. The lowest BCUT2D eigenvalue weighted by Gasteiger charge is -2.18. The summed E-state index contributed by atoms with van der Waals surface area (Å²) in [5.41, 5.74) is 5.40. The molecule has 0 saturated carbocycles. The van der Waals surface area contributed by atoms with Gasteiger partial charge in [0.05, 0.1) is 11.3 Å². The van der Waals surface area contributed by atoms with E-state index in [1.54, 1.807) is 18.3 Å². The van der Waals surface area contributed by atoms with Crippen molar-refractivity contribution in [3.05, 3.63) is 77.6 Å². The smallest absolute Gasteiger partial charge is 0.262 e. The molecule has 0 fully saturated rings. The number of amides is 2. The molecule has 2 N–H and O–H groups in total. The van der Waals surface area contributed by atoms with Gasteiger partial charge in [-0.05, 0) is 60.7 Å². The van der Waals surface area contributed by atoms with E-state index in [4.69, 9.17) is 4.74 Å². The number of carbonyl (C=O) groups is 2. The number of aromatic nitrogens is 1. The van der Waals surface area contributed by atoms with Crippen LogP contribution in [0.15, 0.2) is 60.8 Å². The number of fused-ring (bicyclic) bond motifs is 1. The highest BCUT2D eigenvalue weighted by Gasteiger charge is 2.16. The molecule has 0 radical (unpaired) electrons. The highest BCUT2D eigenvalue weighted by molar-refractivity contribution is 5.96. The van der Waals surface area contributed by atoms with Crippen LogP contribution in [0.2, 0.25) is 0 Å². The number of ether oxygens (including phenoxy) is 1. The van der Waals surface area contributed by atoms with Gasteiger partial charge in [0.2, 0.25) is 0 Å². The van der Waals surface area contributed by atoms with E-state index in [0.717, 1.165) is 29.7 Å². The molecule has 3 aromatic rings. The van der Waals surface area contributed by atoms with Gasteiger partial charge in [-0.3, -0.25) is 14.6 Å². The van der Waals surface area contributed by atoms with Crippen LogP contribution >= 0.6 is 0 Å². The number of nitrogens with one attached hydrogen (secondary N) is 2. The SMILES string of the molecule is Cc1ncccc1C(=O)NCCCc1ccc(-c2ccc3c(c2)OCC(=O)N3)cc1. The number of nitrogens with zero attached hydrogens (tertiary/aromatic N) is 1. The molecule has 0 saturated heterocycles. The maximum absolute atomic E-state index is 12.2. The minimum atomic E-state index is -0.133. The minimum Gasteiger partial charge on any atom is -0.482 e. The highest BCUT2D eigenvalue weighted by atomic mass is 16.5. The van der Waals surface area contributed by atoms with Crippen molar-refractivity contribution in [3.63, 3.8) is 0 Å². The summed E-state index contributed by atoms with van der Waals surface area (Å²) in [7, 11) is 0. The van der Waals surface area contributed by atoms with E-state index in [1.165, 1.54) is 5.56 Å². The third kappa shape index (κ3) is 4.49. The first-order valence-corrected chi connectivity index (χ1v) is 9.96. The molecule has 0 aliphatic carbocycles. The van der Waals surface area contributed by atoms with Crippen molar-refractivity contribution in [1.29, 1.82) is 0 Å². The predicted octanol–water partition coefficient (Wildman–Crippen LogP) is 3.75. The van der Waals surface area contributed by atoms with Gasteiger partial charge >= 0.3 is 0 Å². The molecular formula is C24H23N3O3. The van der Waals surface area contributed by atoms with E-state index in [9.17, 15) is 9.59 Å². The average Bonchev–Trinajstić information content (AvgIpc) is 2.77. The second-order valence-corrected chi connectivity index (χ2v) is 7.24. The zero-order valence-electron chi connectivity index (χ0n) is 16.8. The molecule has 1 aromatic heterocycles. The quantitative estimate of drug-likeness (QED) is 0.617. The normalized spacial score (nSPS) is 12.5. The molecule has 30 heavy (non-hydrogen) atoms. The molecule has 2 amide bonds. The van der Waals surface area contributed by atoms with E-state index in [0.29, 0.717) is 23.5 Å². The highest BCUT2D eigenvalue weighted by Crippen LogP contribution is 2.32. The fourth-order valence-corrected chi connectivity index (χ4v) is 3.43. The molecule has 2 aromatic carbocycles. The Morgan fingerprint density at radius 1 is 1.13 bits per heavy atom. The van der Waals surface area contributed by atoms with Crippen molar-refractivity contribution in [2.75, 3.05) is 18.5 Å². The Kier molecular flexibility index (Phi) is 5.75. The summed E-state index contributed by atoms with van der Waals surface area (Å²) >= 11 is 0. The number of carbonyl (C=O) groups excluding carboxylic acids is 2. The molecule has 1 aliphatic heterocycles. The maximum atomic E-state index is 12.2. The van der Waals surface area contributed by atoms with Gasteiger partial charge in [0.1, 0.15) is 5.75 Å². The van der Waals surface area contributed by atoms with Crippen molar-refractivity contribution in [2.24, 2.45) is 0 Å². The molecule has 6 nitrogen and oxygen atoms in total. The van der Waals surface area contributed by atoms with Gasteiger partial charge in [-0.15, -0.1) is 0 Å². The van der Waals surface area contributed by atoms with Crippen LogP contribution in [0.4, 0.5) is 5.69 Å². The fraction of sp³-hybridized carbons (Fsp3) is 0.208. The number of anilines is 1. The van der Waals surface area contributed by atoms with E-state index < -0.39 is 0 Å². The van der Waals surface area contributed by atoms with Gasteiger partial charge in [-0.1, -0.05) is 30.3 Å². The third-order valence-corrected chi connectivity index (χ3v) is 5.08. The Bertz CT molecular complexity index is 1080. The lowest BCUT2D eigenvalue weighted by atomic mass is 10.0. The molecule has 2 heterocycles. The zero-order valence-corrected chi connectivity index (χ0v) is 16.8. The van der Waals surface area contributed by atoms with Crippen LogP contribution in [0, 0.1) is 6.92 Å². The summed E-state index contributed by atoms with van der Waals surface area (Å²) in [6, 6.07) is 17.7. The van der Waals surface area contributed by atoms with Crippen molar-refractivity contribution < 1.29 is 14.3 Å². The summed E-state index contributed by atoms with van der Waals surface area (Å²) in [4.78, 5) is 27.8. The summed E-state index contributed by atoms with van der Waals surface area (Å²) in [5.74, 6) is 0.476. The van der Waals surface area contributed by atoms with Gasteiger partial charge in [0, 0.05) is 18.4 Å².